The van der Waals surface area contributed by atoms with Gasteiger partial charge in [0.15, 0.2) is 0 Å². The van der Waals surface area contributed by atoms with Gasteiger partial charge in [-0.05, 0) is 23.2 Å². The molecule has 0 radical (unpaired) electrons. The van der Waals surface area contributed by atoms with Gasteiger partial charge in [0, 0.05) is 6.08 Å². The monoisotopic (exact) mass is 212 g/mol. The summed E-state index contributed by atoms with van der Waals surface area (Å²) in [6.45, 7) is 13.0. The highest BCUT2D eigenvalue weighted by Gasteiger charge is 2.26. The normalized spacial score (nSPS) is 15.6. The van der Waals surface area contributed by atoms with Crippen molar-refractivity contribution >= 4 is 5.97 Å². The molecule has 0 amide bonds. The lowest BCUT2D eigenvalue weighted by Gasteiger charge is -2.33. The zero-order chi connectivity index (χ0) is 12.3. The third kappa shape index (κ3) is 7.18. The maximum atomic E-state index is 10.5. The van der Waals surface area contributed by atoms with Crippen molar-refractivity contribution in [2.75, 3.05) is 0 Å². The maximum Gasteiger partial charge on any atom is 0.327 e. The third-order valence-corrected chi connectivity index (χ3v) is 2.42. The molecule has 0 saturated heterocycles. The Labute approximate surface area is 93.4 Å². The Morgan fingerprint density at radius 2 is 1.67 bits per heavy atom. The topological polar surface area (TPSA) is 37.3 Å². The summed E-state index contributed by atoms with van der Waals surface area (Å²) in [5, 5.41) is 8.64. The molecule has 0 saturated carbocycles. The van der Waals surface area contributed by atoms with Gasteiger partial charge in [0.05, 0.1) is 0 Å². The molecule has 0 heterocycles. The molecular weight excluding hydrogens is 188 g/mol. The van der Waals surface area contributed by atoms with Crippen molar-refractivity contribution in [3.05, 3.63) is 12.2 Å². The molecule has 2 heteroatoms. The molecule has 0 bridgehead atoms. The lowest BCUT2D eigenvalue weighted by Crippen LogP contribution is -2.24. The van der Waals surface area contributed by atoms with Gasteiger partial charge < -0.3 is 5.11 Å². The molecule has 0 fully saturated rings. The molecule has 0 aliphatic rings. The summed E-state index contributed by atoms with van der Waals surface area (Å²) < 4.78 is 0. The summed E-state index contributed by atoms with van der Waals surface area (Å²) in [6.07, 6.45) is 4.09. The van der Waals surface area contributed by atoms with Gasteiger partial charge in [-0.2, -0.15) is 0 Å². The van der Waals surface area contributed by atoms with E-state index >= 15 is 0 Å². The van der Waals surface area contributed by atoms with Crippen LogP contribution in [0.3, 0.4) is 0 Å². The Bertz CT molecular complexity index is 238. The van der Waals surface area contributed by atoms with E-state index < -0.39 is 5.97 Å². The van der Waals surface area contributed by atoms with E-state index in [-0.39, 0.29) is 10.8 Å². The van der Waals surface area contributed by atoms with Crippen LogP contribution in [0.2, 0.25) is 0 Å². The first-order valence-electron chi connectivity index (χ1n) is 5.43. The summed E-state index contributed by atoms with van der Waals surface area (Å²) in [6, 6.07) is 0. The smallest absolute Gasteiger partial charge is 0.327 e. The van der Waals surface area contributed by atoms with Gasteiger partial charge >= 0.3 is 5.97 Å². The van der Waals surface area contributed by atoms with Gasteiger partial charge in [0.2, 0.25) is 0 Å². The van der Waals surface area contributed by atoms with E-state index in [1.165, 1.54) is 6.08 Å². The SMILES string of the molecule is CC(C)(C)CC(/C=C/C(=O)O)C(C)(C)C. The molecule has 1 N–H and O–H groups in total. The summed E-state index contributed by atoms with van der Waals surface area (Å²) >= 11 is 0. The first-order valence-corrected chi connectivity index (χ1v) is 5.43. The van der Waals surface area contributed by atoms with Crippen molar-refractivity contribution in [1.82, 2.24) is 0 Å². The number of hydrogen-bond acceptors (Lipinski definition) is 1. The molecule has 0 aromatic heterocycles. The second kappa shape index (κ2) is 4.82. The predicted molar refractivity (Wildman–Crippen MR) is 63.8 cm³/mol. The fourth-order valence-electron chi connectivity index (χ4n) is 1.52. The number of rotatable bonds is 3. The molecule has 0 aliphatic carbocycles. The van der Waals surface area contributed by atoms with Crippen molar-refractivity contribution in [3.63, 3.8) is 0 Å². The van der Waals surface area contributed by atoms with Crippen LogP contribution in [0.15, 0.2) is 12.2 Å². The highest BCUT2D eigenvalue weighted by atomic mass is 16.4. The van der Waals surface area contributed by atoms with E-state index in [0.717, 1.165) is 6.42 Å². The standard InChI is InChI=1S/C13H24O2/c1-12(2,3)9-10(13(4,5)6)7-8-11(14)15/h7-8,10H,9H2,1-6H3,(H,14,15)/b8-7+. The Balaban J connectivity index is 4.69. The first-order chi connectivity index (χ1) is 6.52. The van der Waals surface area contributed by atoms with Crippen LogP contribution in [0.4, 0.5) is 0 Å². The number of hydrogen-bond donors (Lipinski definition) is 1. The third-order valence-electron chi connectivity index (χ3n) is 2.42. The Hall–Kier alpha value is -0.790. The number of carboxylic acid groups (broad SMARTS) is 1. The van der Waals surface area contributed by atoms with Crippen molar-refractivity contribution < 1.29 is 9.90 Å². The molecule has 0 aliphatic heterocycles. The fraction of sp³-hybridized carbons (Fsp3) is 0.769. The molecular formula is C13H24O2. The number of aliphatic carboxylic acids is 1. The van der Waals surface area contributed by atoms with Crippen LogP contribution in [-0.2, 0) is 4.79 Å². The molecule has 0 rings (SSSR count). The molecule has 1 atom stereocenters. The molecule has 1 unspecified atom stereocenters. The predicted octanol–water partition coefficient (Wildman–Crippen LogP) is 3.73. The lowest BCUT2D eigenvalue weighted by molar-refractivity contribution is -0.131. The van der Waals surface area contributed by atoms with Crippen LogP contribution in [-0.4, -0.2) is 11.1 Å². The molecule has 88 valence electrons. The van der Waals surface area contributed by atoms with E-state index in [1.54, 1.807) is 0 Å². The van der Waals surface area contributed by atoms with Crippen molar-refractivity contribution in [3.8, 4) is 0 Å². The Kier molecular flexibility index (Phi) is 4.57. The summed E-state index contributed by atoms with van der Waals surface area (Å²) in [7, 11) is 0. The van der Waals surface area contributed by atoms with Crippen LogP contribution in [0.25, 0.3) is 0 Å². The van der Waals surface area contributed by atoms with E-state index in [1.807, 2.05) is 6.08 Å². The lowest BCUT2D eigenvalue weighted by atomic mass is 9.72. The van der Waals surface area contributed by atoms with Crippen molar-refractivity contribution in [1.29, 1.82) is 0 Å². The van der Waals surface area contributed by atoms with Gasteiger partial charge in [-0.1, -0.05) is 47.6 Å². The van der Waals surface area contributed by atoms with Gasteiger partial charge in [0.1, 0.15) is 0 Å². The fourth-order valence-corrected chi connectivity index (χ4v) is 1.52. The number of allylic oxidation sites excluding steroid dienone is 1. The second-order valence-electron chi connectivity index (χ2n) is 6.43. The Morgan fingerprint density at radius 3 is 1.93 bits per heavy atom. The van der Waals surface area contributed by atoms with Crippen LogP contribution >= 0.6 is 0 Å². The Morgan fingerprint density at radius 1 is 1.20 bits per heavy atom. The highest BCUT2D eigenvalue weighted by Crippen LogP contribution is 2.36. The minimum absolute atomic E-state index is 0.110. The van der Waals surface area contributed by atoms with Crippen molar-refractivity contribution in [2.45, 2.75) is 48.0 Å². The molecule has 0 spiro atoms. The zero-order valence-corrected chi connectivity index (χ0v) is 10.8. The quantitative estimate of drug-likeness (QED) is 0.724. The van der Waals surface area contributed by atoms with Crippen LogP contribution in [0.5, 0.6) is 0 Å². The van der Waals surface area contributed by atoms with E-state index in [9.17, 15) is 4.79 Å². The van der Waals surface area contributed by atoms with Crippen LogP contribution < -0.4 is 0 Å². The largest absolute Gasteiger partial charge is 0.478 e. The van der Waals surface area contributed by atoms with E-state index in [4.69, 9.17) is 5.11 Å². The van der Waals surface area contributed by atoms with Gasteiger partial charge in [-0.3, -0.25) is 0 Å². The minimum Gasteiger partial charge on any atom is -0.478 e. The van der Waals surface area contributed by atoms with Crippen molar-refractivity contribution in [2.24, 2.45) is 16.7 Å². The molecule has 0 aromatic carbocycles. The van der Waals surface area contributed by atoms with Gasteiger partial charge in [-0.15, -0.1) is 0 Å². The number of carbonyl (C=O) groups is 1. The van der Waals surface area contributed by atoms with E-state index in [2.05, 4.69) is 41.5 Å². The molecule has 15 heavy (non-hydrogen) atoms. The maximum absolute atomic E-state index is 10.5. The van der Waals surface area contributed by atoms with E-state index in [0.29, 0.717) is 5.92 Å². The highest BCUT2D eigenvalue weighted by molar-refractivity contribution is 5.79. The minimum atomic E-state index is -0.863. The molecule has 2 nitrogen and oxygen atoms in total. The van der Waals surface area contributed by atoms with Gasteiger partial charge in [0.25, 0.3) is 0 Å². The number of carboxylic acids is 1. The molecule has 0 aromatic rings. The first kappa shape index (κ1) is 14.2. The summed E-state index contributed by atoms with van der Waals surface area (Å²) in [5.74, 6) is -0.563. The second-order valence-corrected chi connectivity index (χ2v) is 6.43. The van der Waals surface area contributed by atoms with Gasteiger partial charge in [-0.25, -0.2) is 4.79 Å². The summed E-state index contributed by atoms with van der Waals surface area (Å²) in [5.41, 5.74) is 0.333. The zero-order valence-electron chi connectivity index (χ0n) is 10.8. The van der Waals surface area contributed by atoms with Crippen LogP contribution in [0.1, 0.15) is 48.0 Å². The average Bonchev–Trinajstić information content (AvgIpc) is 1.93. The average molecular weight is 212 g/mol. The van der Waals surface area contributed by atoms with Crippen LogP contribution in [0, 0.1) is 16.7 Å². The summed E-state index contributed by atoms with van der Waals surface area (Å²) in [4.78, 5) is 10.5.